The van der Waals surface area contributed by atoms with E-state index in [9.17, 15) is 0 Å². The Hall–Kier alpha value is -3.19. The summed E-state index contributed by atoms with van der Waals surface area (Å²) in [6.07, 6.45) is 5.75. The number of nitrogen functional groups attached to an aromatic ring is 1. The fourth-order valence-electron chi connectivity index (χ4n) is 3.95. The molecule has 142 valence electrons. The molecule has 0 atom stereocenters. The maximum absolute atomic E-state index is 6.01. The van der Waals surface area contributed by atoms with Crippen LogP contribution in [0.1, 0.15) is 29.9 Å². The van der Waals surface area contributed by atoms with Gasteiger partial charge in [0.25, 0.3) is 0 Å². The van der Waals surface area contributed by atoms with Gasteiger partial charge in [0, 0.05) is 18.3 Å². The number of piperidine rings is 1. The van der Waals surface area contributed by atoms with E-state index < -0.39 is 0 Å². The smallest absolute Gasteiger partial charge is 0.223 e. The number of likely N-dealkylation sites (tertiary alicyclic amines) is 1. The Labute approximate surface area is 162 Å². The van der Waals surface area contributed by atoms with Gasteiger partial charge in [-0.1, -0.05) is 30.3 Å². The molecule has 0 unspecified atom stereocenters. The zero-order valence-electron chi connectivity index (χ0n) is 15.5. The Morgan fingerprint density at radius 1 is 1.07 bits per heavy atom. The number of anilines is 1. The SMILES string of the molecule is Nc1ncc(CN2CCC(c3ccccc3)CC2)c2nc(-c3ccco3)nn12. The zero-order chi connectivity index (χ0) is 18.9. The topological polar surface area (TPSA) is 85.5 Å². The molecule has 0 spiro atoms. The predicted octanol–water partition coefficient (Wildman–Crippen LogP) is 3.35. The first-order valence-electron chi connectivity index (χ1n) is 9.59. The van der Waals surface area contributed by atoms with Crippen molar-refractivity contribution in [1.29, 1.82) is 0 Å². The van der Waals surface area contributed by atoms with Crippen molar-refractivity contribution in [2.45, 2.75) is 25.3 Å². The summed E-state index contributed by atoms with van der Waals surface area (Å²) in [7, 11) is 0. The van der Waals surface area contributed by atoms with E-state index in [1.807, 2.05) is 18.3 Å². The summed E-state index contributed by atoms with van der Waals surface area (Å²) in [6.45, 7) is 2.89. The molecule has 2 N–H and O–H groups in total. The highest BCUT2D eigenvalue weighted by Gasteiger charge is 2.22. The number of benzene rings is 1. The van der Waals surface area contributed by atoms with Crippen LogP contribution in [0.3, 0.4) is 0 Å². The number of hydrogen-bond acceptors (Lipinski definition) is 6. The molecule has 4 heterocycles. The molecule has 5 rings (SSSR count). The molecule has 7 heteroatoms. The van der Waals surface area contributed by atoms with Crippen LogP contribution in [0.25, 0.3) is 17.2 Å². The summed E-state index contributed by atoms with van der Waals surface area (Å²) in [6, 6.07) is 14.5. The minimum Gasteiger partial charge on any atom is -0.461 e. The zero-order valence-corrected chi connectivity index (χ0v) is 15.5. The minimum atomic E-state index is 0.326. The molecule has 4 aromatic rings. The third-order valence-corrected chi connectivity index (χ3v) is 5.46. The third-order valence-electron chi connectivity index (χ3n) is 5.46. The lowest BCUT2D eigenvalue weighted by molar-refractivity contribution is 0.205. The number of hydrogen-bond donors (Lipinski definition) is 1. The van der Waals surface area contributed by atoms with Crippen LogP contribution in [0.5, 0.6) is 0 Å². The van der Waals surface area contributed by atoms with Crippen LogP contribution in [0, 0.1) is 0 Å². The summed E-state index contributed by atoms with van der Waals surface area (Å²) < 4.78 is 7.02. The molecule has 0 saturated carbocycles. The molecule has 0 bridgehead atoms. The molecule has 1 saturated heterocycles. The van der Waals surface area contributed by atoms with Gasteiger partial charge in [-0.15, -0.1) is 5.10 Å². The maximum Gasteiger partial charge on any atom is 0.223 e. The van der Waals surface area contributed by atoms with E-state index in [4.69, 9.17) is 10.2 Å². The van der Waals surface area contributed by atoms with Crippen molar-refractivity contribution in [3.63, 3.8) is 0 Å². The average molecular weight is 374 g/mol. The van der Waals surface area contributed by atoms with Crippen molar-refractivity contribution in [3.05, 3.63) is 66.1 Å². The summed E-state index contributed by atoms with van der Waals surface area (Å²) in [5, 5.41) is 4.47. The molecule has 0 radical (unpaired) electrons. The van der Waals surface area contributed by atoms with E-state index in [1.54, 1.807) is 10.8 Å². The van der Waals surface area contributed by atoms with E-state index in [1.165, 1.54) is 5.56 Å². The van der Waals surface area contributed by atoms with Gasteiger partial charge < -0.3 is 10.2 Å². The lowest BCUT2D eigenvalue weighted by atomic mass is 9.89. The Kier molecular flexibility index (Phi) is 4.29. The molecular formula is C21H22N6O. The van der Waals surface area contributed by atoms with Crippen LogP contribution >= 0.6 is 0 Å². The van der Waals surface area contributed by atoms with Crippen molar-refractivity contribution >= 4 is 11.6 Å². The molecule has 3 aromatic heterocycles. The Morgan fingerprint density at radius 3 is 2.64 bits per heavy atom. The van der Waals surface area contributed by atoms with Gasteiger partial charge in [0.05, 0.1) is 6.26 Å². The predicted molar refractivity (Wildman–Crippen MR) is 107 cm³/mol. The Balaban J connectivity index is 1.35. The molecule has 1 aliphatic heterocycles. The molecule has 1 fully saturated rings. The van der Waals surface area contributed by atoms with Gasteiger partial charge in [-0.3, -0.25) is 4.90 Å². The van der Waals surface area contributed by atoms with Crippen LogP contribution in [0.15, 0.2) is 59.3 Å². The molecule has 0 amide bonds. The first kappa shape index (κ1) is 16.9. The third kappa shape index (κ3) is 3.14. The normalized spacial score (nSPS) is 16.0. The number of nitrogens with zero attached hydrogens (tertiary/aromatic N) is 5. The van der Waals surface area contributed by atoms with Crippen molar-refractivity contribution in [2.24, 2.45) is 0 Å². The highest BCUT2D eigenvalue weighted by Crippen LogP contribution is 2.29. The van der Waals surface area contributed by atoms with E-state index in [0.717, 1.165) is 43.7 Å². The molecule has 7 nitrogen and oxygen atoms in total. The van der Waals surface area contributed by atoms with Crippen molar-refractivity contribution in [1.82, 2.24) is 24.5 Å². The molecule has 1 aliphatic rings. The second-order valence-electron chi connectivity index (χ2n) is 7.25. The van der Waals surface area contributed by atoms with Crippen molar-refractivity contribution in [2.75, 3.05) is 18.8 Å². The number of furan rings is 1. The summed E-state index contributed by atoms with van der Waals surface area (Å²) >= 11 is 0. The van der Waals surface area contributed by atoms with Gasteiger partial charge >= 0.3 is 0 Å². The fraction of sp³-hybridized carbons (Fsp3) is 0.286. The quantitative estimate of drug-likeness (QED) is 0.590. The van der Waals surface area contributed by atoms with Gasteiger partial charge in [-0.05, 0) is 49.5 Å². The van der Waals surface area contributed by atoms with Crippen molar-refractivity contribution in [3.8, 4) is 11.6 Å². The summed E-state index contributed by atoms with van der Waals surface area (Å²) in [5.74, 6) is 2.11. The number of nitrogens with two attached hydrogens (primary N) is 1. The number of fused-ring (bicyclic) bond motifs is 1. The standard InChI is InChI=1S/C21H22N6O/c22-21-23-13-17(20-24-19(25-27(20)21)18-7-4-12-28-18)14-26-10-8-16(9-11-26)15-5-2-1-3-6-15/h1-7,12-13,16H,8-11,14H2,(H2,22,23). The molecular weight excluding hydrogens is 352 g/mol. The highest BCUT2D eigenvalue weighted by molar-refractivity contribution is 5.57. The first-order chi connectivity index (χ1) is 13.8. The Morgan fingerprint density at radius 2 is 1.89 bits per heavy atom. The van der Waals surface area contributed by atoms with Gasteiger partial charge in [0.2, 0.25) is 11.8 Å². The maximum atomic E-state index is 6.01. The monoisotopic (exact) mass is 374 g/mol. The minimum absolute atomic E-state index is 0.326. The second-order valence-corrected chi connectivity index (χ2v) is 7.25. The average Bonchev–Trinajstić information content (AvgIpc) is 3.42. The van der Waals surface area contributed by atoms with E-state index in [2.05, 4.69) is 50.3 Å². The van der Waals surface area contributed by atoms with Crippen LogP contribution in [0.4, 0.5) is 5.95 Å². The summed E-state index contributed by atoms with van der Waals surface area (Å²) in [4.78, 5) is 11.4. The largest absolute Gasteiger partial charge is 0.461 e. The van der Waals surface area contributed by atoms with Gasteiger partial charge in [0.1, 0.15) is 0 Å². The number of rotatable bonds is 4. The second kappa shape index (κ2) is 7.09. The van der Waals surface area contributed by atoms with E-state index in [-0.39, 0.29) is 0 Å². The van der Waals surface area contributed by atoms with Crippen LogP contribution in [-0.4, -0.2) is 37.6 Å². The molecule has 28 heavy (non-hydrogen) atoms. The van der Waals surface area contributed by atoms with Gasteiger partial charge in [-0.25, -0.2) is 9.97 Å². The molecule has 0 aliphatic carbocycles. The first-order valence-corrected chi connectivity index (χ1v) is 9.59. The van der Waals surface area contributed by atoms with E-state index >= 15 is 0 Å². The van der Waals surface area contributed by atoms with E-state index in [0.29, 0.717) is 23.5 Å². The highest BCUT2D eigenvalue weighted by atomic mass is 16.3. The van der Waals surface area contributed by atoms with Crippen LogP contribution < -0.4 is 5.73 Å². The lowest BCUT2D eigenvalue weighted by Crippen LogP contribution is -2.32. The fourth-order valence-corrected chi connectivity index (χ4v) is 3.95. The van der Waals surface area contributed by atoms with Crippen LogP contribution in [-0.2, 0) is 6.54 Å². The van der Waals surface area contributed by atoms with Gasteiger partial charge in [0.15, 0.2) is 11.4 Å². The number of aromatic nitrogens is 4. The Bertz CT molecular complexity index is 1070. The molecule has 1 aromatic carbocycles. The van der Waals surface area contributed by atoms with Gasteiger partial charge in [-0.2, -0.15) is 4.52 Å². The lowest BCUT2D eigenvalue weighted by Gasteiger charge is -2.32. The van der Waals surface area contributed by atoms with Crippen molar-refractivity contribution < 1.29 is 4.42 Å². The summed E-state index contributed by atoms with van der Waals surface area (Å²) in [5.41, 5.74) is 9.22. The van der Waals surface area contributed by atoms with Crippen LogP contribution in [0.2, 0.25) is 0 Å².